The first-order valence-corrected chi connectivity index (χ1v) is 6.26. The van der Waals surface area contributed by atoms with Crippen molar-refractivity contribution in [3.8, 4) is 0 Å². The van der Waals surface area contributed by atoms with Crippen LogP contribution in [0.4, 0.5) is 4.39 Å². The Kier molecular flexibility index (Phi) is 5.25. The van der Waals surface area contributed by atoms with Gasteiger partial charge in [-0.3, -0.25) is 4.79 Å². The van der Waals surface area contributed by atoms with Gasteiger partial charge in [0.2, 0.25) is 0 Å². The molecule has 1 rings (SSSR count). The minimum Gasteiger partial charge on any atom is -0.394 e. The van der Waals surface area contributed by atoms with E-state index in [1.54, 1.807) is 6.92 Å². The van der Waals surface area contributed by atoms with Crippen molar-refractivity contribution in [3.63, 3.8) is 0 Å². The van der Waals surface area contributed by atoms with Gasteiger partial charge in [-0.1, -0.05) is 6.92 Å². The van der Waals surface area contributed by atoms with Crippen LogP contribution < -0.4 is 5.32 Å². The van der Waals surface area contributed by atoms with Crippen LogP contribution in [0.3, 0.4) is 0 Å². The summed E-state index contributed by atoms with van der Waals surface area (Å²) in [5.41, 5.74) is -0.948. The number of carbonyl (C=O) groups is 1. The highest BCUT2D eigenvalue weighted by atomic mass is 79.9. The summed E-state index contributed by atoms with van der Waals surface area (Å²) in [6.07, 6.45) is 0.366. The minimum atomic E-state index is -1.08. The number of halogens is 2. The lowest BCUT2D eigenvalue weighted by Gasteiger charge is -2.29. The fraction of sp³-hybridized carbons (Fsp3) is 0.417. The van der Waals surface area contributed by atoms with Crippen LogP contribution in [0.15, 0.2) is 22.7 Å². The molecule has 0 heterocycles. The summed E-state index contributed by atoms with van der Waals surface area (Å²) in [7, 11) is 0. The van der Waals surface area contributed by atoms with E-state index in [0.717, 1.165) is 6.07 Å². The first-order valence-electron chi connectivity index (χ1n) is 5.47. The van der Waals surface area contributed by atoms with E-state index in [4.69, 9.17) is 0 Å². The highest BCUT2D eigenvalue weighted by Gasteiger charge is 2.29. The third-order valence-corrected chi connectivity index (χ3v) is 3.49. The molecular formula is C12H15BrFNO3. The second kappa shape index (κ2) is 6.26. The molecule has 0 fully saturated rings. The van der Waals surface area contributed by atoms with Gasteiger partial charge < -0.3 is 15.5 Å². The summed E-state index contributed by atoms with van der Waals surface area (Å²) in [6, 6.07) is 3.97. The van der Waals surface area contributed by atoms with E-state index in [0.29, 0.717) is 6.42 Å². The second-order valence-electron chi connectivity index (χ2n) is 4.03. The van der Waals surface area contributed by atoms with Crippen molar-refractivity contribution in [2.24, 2.45) is 0 Å². The molecule has 0 radical (unpaired) electrons. The summed E-state index contributed by atoms with van der Waals surface area (Å²) in [6.45, 7) is 0.963. The molecule has 1 aromatic rings. The Balaban J connectivity index is 2.90. The number of carbonyl (C=O) groups excluding carboxylic acids is 1. The topological polar surface area (TPSA) is 69.6 Å². The van der Waals surface area contributed by atoms with Crippen molar-refractivity contribution in [1.82, 2.24) is 5.32 Å². The van der Waals surface area contributed by atoms with Gasteiger partial charge in [0.1, 0.15) is 5.82 Å². The number of amides is 1. The van der Waals surface area contributed by atoms with Crippen molar-refractivity contribution < 1.29 is 19.4 Å². The molecule has 3 N–H and O–H groups in total. The van der Waals surface area contributed by atoms with Gasteiger partial charge in [0.15, 0.2) is 0 Å². The lowest BCUT2D eigenvalue weighted by atomic mass is 9.98. The summed E-state index contributed by atoms with van der Waals surface area (Å²) < 4.78 is 13.6. The Morgan fingerprint density at radius 3 is 2.50 bits per heavy atom. The maximum absolute atomic E-state index is 13.3. The van der Waals surface area contributed by atoms with Crippen molar-refractivity contribution in [3.05, 3.63) is 34.1 Å². The van der Waals surface area contributed by atoms with Gasteiger partial charge in [-0.15, -0.1) is 0 Å². The van der Waals surface area contributed by atoms with Crippen LogP contribution >= 0.6 is 15.9 Å². The molecule has 0 atom stereocenters. The van der Waals surface area contributed by atoms with E-state index in [2.05, 4.69) is 21.2 Å². The fourth-order valence-electron chi connectivity index (χ4n) is 1.39. The van der Waals surface area contributed by atoms with E-state index in [1.807, 2.05) is 0 Å². The Morgan fingerprint density at radius 1 is 1.44 bits per heavy atom. The predicted octanol–water partition coefficient (Wildman–Crippen LogP) is 1.45. The number of hydrogen-bond acceptors (Lipinski definition) is 3. The van der Waals surface area contributed by atoms with Crippen LogP contribution in [0, 0.1) is 5.82 Å². The van der Waals surface area contributed by atoms with Gasteiger partial charge in [0.25, 0.3) is 5.91 Å². The molecule has 100 valence electrons. The summed E-state index contributed by atoms with van der Waals surface area (Å²) in [4.78, 5) is 11.9. The van der Waals surface area contributed by atoms with Crippen LogP contribution in [-0.2, 0) is 0 Å². The molecule has 0 bridgehead atoms. The fourth-order valence-corrected chi connectivity index (χ4v) is 1.64. The zero-order chi connectivity index (χ0) is 13.8. The van der Waals surface area contributed by atoms with Gasteiger partial charge >= 0.3 is 0 Å². The molecule has 6 heteroatoms. The molecular weight excluding hydrogens is 305 g/mol. The second-order valence-corrected chi connectivity index (χ2v) is 4.89. The van der Waals surface area contributed by atoms with Crippen LogP contribution in [-0.4, -0.2) is 34.9 Å². The molecule has 1 aromatic carbocycles. The van der Waals surface area contributed by atoms with Crippen molar-refractivity contribution in [2.75, 3.05) is 13.2 Å². The molecule has 0 aliphatic carbocycles. The van der Waals surface area contributed by atoms with Crippen molar-refractivity contribution >= 4 is 21.8 Å². The van der Waals surface area contributed by atoms with Crippen LogP contribution in [0.5, 0.6) is 0 Å². The van der Waals surface area contributed by atoms with Gasteiger partial charge in [-0.2, -0.15) is 0 Å². The Morgan fingerprint density at radius 2 is 2.06 bits per heavy atom. The quantitative estimate of drug-likeness (QED) is 0.769. The number of aliphatic hydroxyl groups excluding tert-OH is 2. The third-order valence-electron chi connectivity index (χ3n) is 2.84. The predicted molar refractivity (Wildman–Crippen MR) is 68.8 cm³/mol. The van der Waals surface area contributed by atoms with E-state index in [1.165, 1.54) is 12.1 Å². The first kappa shape index (κ1) is 15.1. The maximum atomic E-state index is 13.3. The largest absolute Gasteiger partial charge is 0.394 e. The van der Waals surface area contributed by atoms with Gasteiger partial charge in [-0.25, -0.2) is 4.39 Å². The Hall–Kier alpha value is -0.980. The van der Waals surface area contributed by atoms with Crippen LogP contribution in [0.1, 0.15) is 23.7 Å². The summed E-state index contributed by atoms with van der Waals surface area (Å²) in [5, 5.41) is 21.0. The number of rotatable bonds is 5. The average molecular weight is 320 g/mol. The lowest BCUT2D eigenvalue weighted by molar-refractivity contribution is 0.0652. The third kappa shape index (κ3) is 3.28. The molecule has 0 aliphatic rings. The van der Waals surface area contributed by atoms with Crippen molar-refractivity contribution in [2.45, 2.75) is 18.9 Å². The van der Waals surface area contributed by atoms with Crippen LogP contribution in [0.2, 0.25) is 0 Å². The molecule has 0 unspecified atom stereocenters. The molecule has 0 aliphatic heterocycles. The van der Waals surface area contributed by atoms with E-state index >= 15 is 0 Å². The van der Waals surface area contributed by atoms with Crippen molar-refractivity contribution in [1.29, 1.82) is 0 Å². The zero-order valence-electron chi connectivity index (χ0n) is 9.91. The van der Waals surface area contributed by atoms with E-state index in [-0.39, 0.29) is 23.2 Å². The van der Waals surface area contributed by atoms with Gasteiger partial charge in [0, 0.05) is 5.56 Å². The molecule has 1 amide bonds. The normalized spacial score (nSPS) is 11.4. The van der Waals surface area contributed by atoms with E-state index in [9.17, 15) is 19.4 Å². The standard InChI is InChI=1S/C12H15BrFNO3/c1-2-12(6-16,7-17)15-11(18)8-3-4-9(13)10(14)5-8/h3-5,16-17H,2,6-7H2,1H3,(H,15,18). The van der Waals surface area contributed by atoms with Gasteiger partial charge in [-0.05, 0) is 40.5 Å². The Bertz CT molecular complexity index is 427. The lowest BCUT2D eigenvalue weighted by Crippen LogP contribution is -2.53. The van der Waals surface area contributed by atoms with Crippen LogP contribution in [0.25, 0.3) is 0 Å². The number of hydrogen-bond donors (Lipinski definition) is 3. The maximum Gasteiger partial charge on any atom is 0.251 e. The number of benzene rings is 1. The smallest absolute Gasteiger partial charge is 0.251 e. The highest BCUT2D eigenvalue weighted by molar-refractivity contribution is 9.10. The van der Waals surface area contributed by atoms with E-state index < -0.39 is 17.3 Å². The molecule has 0 aromatic heterocycles. The molecule has 18 heavy (non-hydrogen) atoms. The van der Waals surface area contributed by atoms with Gasteiger partial charge in [0.05, 0.1) is 23.2 Å². The zero-order valence-corrected chi connectivity index (χ0v) is 11.5. The highest BCUT2D eigenvalue weighted by Crippen LogP contribution is 2.17. The molecule has 0 saturated carbocycles. The molecule has 0 saturated heterocycles. The average Bonchev–Trinajstić information content (AvgIpc) is 2.39. The SMILES string of the molecule is CCC(CO)(CO)NC(=O)c1ccc(Br)c(F)c1. The first-order chi connectivity index (χ1) is 8.48. The monoisotopic (exact) mass is 319 g/mol. The molecule has 0 spiro atoms. The number of aliphatic hydroxyl groups is 2. The number of nitrogens with one attached hydrogen (secondary N) is 1. The minimum absolute atomic E-state index is 0.135. The molecule has 4 nitrogen and oxygen atoms in total. The Labute approximate surface area is 113 Å². The summed E-state index contributed by atoms with van der Waals surface area (Å²) in [5.74, 6) is -1.08. The summed E-state index contributed by atoms with van der Waals surface area (Å²) >= 11 is 2.99.